The van der Waals surface area contributed by atoms with Crippen LogP contribution in [0.4, 0.5) is 0 Å². The van der Waals surface area contributed by atoms with Gasteiger partial charge in [-0.05, 0) is 44.1 Å². The van der Waals surface area contributed by atoms with Crippen LogP contribution >= 0.6 is 24.0 Å². The summed E-state index contributed by atoms with van der Waals surface area (Å²) in [5.74, 6) is 1.82. The molecule has 1 aromatic rings. The summed E-state index contributed by atoms with van der Waals surface area (Å²) >= 11 is 0. The first-order chi connectivity index (χ1) is 9.38. The van der Waals surface area contributed by atoms with E-state index in [0.717, 1.165) is 44.4 Å². The Bertz CT molecular complexity index is 388. The van der Waals surface area contributed by atoms with Gasteiger partial charge in [-0.25, -0.2) is 0 Å². The molecule has 1 saturated carbocycles. The van der Waals surface area contributed by atoms with Crippen molar-refractivity contribution in [3.63, 3.8) is 0 Å². The molecule has 1 aliphatic rings. The Kier molecular flexibility index (Phi) is 8.65. The van der Waals surface area contributed by atoms with Gasteiger partial charge in [-0.3, -0.25) is 4.99 Å². The zero-order valence-electron chi connectivity index (χ0n) is 12.3. The Morgan fingerprint density at radius 1 is 1.20 bits per heavy atom. The maximum Gasteiger partial charge on any atom is 0.191 e. The van der Waals surface area contributed by atoms with Gasteiger partial charge in [0, 0.05) is 19.6 Å². The number of halogens is 1. The lowest BCUT2D eigenvalue weighted by Gasteiger charge is -2.11. The van der Waals surface area contributed by atoms with Crippen molar-refractivity contribution in [2.75, 3.05) is 19.6 Å². The standard InChI is InChI=1S/C16H25N3.HI/c1-2-17-16(19-13-15-10-11-15)18-12-6-9-14-7-4-3-5-8-14;/h3-5,7-8,15H,2,6,9-13H2,1H3,(H2,17,18,19);1H. The predicted octanol–water partition coefficient (Wildman–Crippen LogP) is 3.20. The number of aryl methyl sites for hydroxylation is 1. The number of aliphatic imine (C=N–C) groups is 1. The molecule has 0 unspecified atom stereocenters. The first-order valence-electron chi connectivity index (χ1n) is 7.44. The number of guanidine groups is 1. The van der Waals surface area contributed by atoms with Gasteiger partial charge >= 0.3 is 0 Å². The van der Waals surface area contributed by atoms with Crippen molar-refractivity contribution in [3.05, 3.63) is 35.9 Å². The van der Waals surface area contributed by atoms with Gasteiger partial charge in [0.05, 0.1) is 0 Å². The van der Waals surface area contributed by atoms with E-state index in [2.05, 4.69) is 52.9 Å². The molecular formula is C16H26IN3. The molecule has 1 aromatic carbocycles. The number of benzene rings is 1. The average Bonchev–Trinajstić information content (AvgIpc) is 3.26. The van der Waals surface area contributed by atoms with Gasteiger partial charge < -0.3 is 10.6 Å². The Labute approximate surface area is 139 Å². The normalized spacial score (nSPS) is 14.6. The Hall–Kier alpha value is -0.780. The largest absolute Gasteiger partial charge is 0.357 e. The maximum atomic E-state index is 4.61. The minimum absolute atomic E-state index is 0. The second-order valence-corrected chi connectivity index (χ2v) is 5.18. The predicted molar refractivity (Wildman–Crippen MR) is 96.9 cm³/mol. The van der Waals surface area contributed by atoms with Crippen LogP contribution in [0.1, 0.15) is 31.7 Å². The van der Waals surface area contributed by atoms with E-state index in [1.54, 1.807) is 0 Å². The molecule has 2 rings (SSSR count). The molecule has 2 N–H and O–H groups in total. The first-order valence-corrected chi connectivity index (χ1v) is 7.44. The van der Waals surface area contributed by atoms with Gasteiger partial charge in [-0.2, -0.15) is 0 Å². The van der Waals surface area contributed by atoms with E-state index < -0.39 is 0 Å². The third-order valence-corrected chi connectivity index (χ3v) is 3.33. The summed E-state index contributed by atoms with van der Waals surface area (Å²) in [6.07, 6.45) is 4.97. The topological polar surface area (TPSA) is 36.4 Å². The van der Waals surface area contributed by atoms with Gasteiger partial charge in [-0.1, -0.05) is 30.3 Å². The van der Waals surface area contributed by atoms with E-state index in [4.69, 9.17) is 0 Å². The van der Waals surface area contributed by atoms with Crippen LogP contribution in [0.25, 0.3) is 0 Å². The molecule has 0 amide bonds. The highest BCUT2D eigenvalue weighted by Gasteiger charge is 2.20. The molecule has 0 aliphatic heterocycles. The van der Waals surface area contributed by atoms with E-state index >= 15 is 0 Å². The molecule has 1 fully saturated rings. The molecule has 0 saturated heterocycles. The Balaban J connectivity index is 0.00000200. The van der Waals surface area contributed by atoms with Crippen LogP contribution in [0.15, 0.2) is 35.3 Å². The van der Waals surface area contributed by atoms with E-state index in [1.165, 1.54) is 18.4 Å². The summed E-state index contributed by atoms with van der Waals surface area (Å²) in [5, 5.41) is 6.72. The van der Waals surface area contributed by atoms with Gasteiger partial charge in [0.2, 0.25) is 0 Å². The third kappa shape index (κ3) is 7.12. The fraction of sp³-hybridized carbons (Fsp3) is 0.562. The van der Waals surface area contributed by atoms with Crippen LogP contribution in [0.5, 0.6) is 0 Å². The smallest absolute Gasteiger partial charge is 0.191 e. The van der Waals surface area contributed by atoms with Crippen molar-refractivity contribution < 1.29 is 0 Å². The lowest BCUT2D eigenvalue weighted by Crippen LogP contribution is -2.38. The van der Waals surface area contributed by atoms with Crippen molar-refractivity contribution in [3.8, 4) is 0 Å². The molecule has 1 aliphatic carbocycles. The summed E-state index contributed by atoms with van der Waals surface area (Å²) in [4.78, 5) is 4.61. The van der Waals surface area contributed by atoms with Crippen molar-refractivity contribution in [1.82, 2.24) is 10.6 Å². The van der Waals surface area contributed by atoms with Crippen LogP contribution in [0, 0.1) is 5.92 Å². The minimum Gasteiger partial charge on any atom is -0.357 e. The molecular weight excluding hydrogens is 361 g/mol. The quantitative estimate of drug-likeness (QED) is 0.326. The van der Waals surface area contributed by atoms with Crippen LogP contribution in [-0.4, -0.2) is 25.6 Å². The number of rotatable bonds is 7. The molecule has 20 heavy (non-hydrogen) atoms. The first kappa shape index (κ1) is 17.3. The molecule has 3 nitrogen and oxygen atoms in total. The van der Waals surface area contributed by atoms with Gasteiger partial charge in [0.25, 0.3) is 0 Å². The Morgan fingerprint density at radius 2 is 1.95 bits per heavy atom. The maximum absolute atomic E-state index is 4.61. The van der Waals surface area contributed by atoms with Crippen molar-refractivity contribution in [1.29, 1.82) is 0 Å². The fourth-order valence-corrected chi connectivity index (χ4v) is 2.01. The van der Waals surface area contributed by atoms with Crippen LogP contribution in [-0.2, 0) is 6.42 Å². The molecule has 4 heteroatoms. The summed E-state index contributed by atoms with van der Waals surface area (Å²) in [6, 6.07) is 10.6. The van der Waals surface area contributed by atoms with Gasteiger partial charge in [0.1, 0.15) is 0 Å². The second-order valence-electron chi connectivity index (χ2n) is 5.18. The molecule has 0 spiro atoms. The highest BCUT2D eigenvalue weighted by Crippen LogP contribution is 2.28. The number of hydrogen-bond acceptors (Lipinski definition) is 1. The highest BCUT2D eigenvalue weighted by molar-refractivity contribution is 14.0. The number of nitrogens with zero attached hydrogens (tertiary/aromatic N) is 1. The summed E-state index contributed by atoms with van der Waals surface area (Å²) in [6.45, 7) is 4.99. The Morgan fingerprint density at radius 3 is 2.60 bits per heavy atom. The lowest BCUT2D eigenvalue weighted by molar-refractivity contribution is 0.736. The van der Waals surface area contributed by atoms with E-state index in [-0.39, 0.29) is 24.0 Å². The molecule has 0 radical (unpaired) electrons. The summed E-state index contributed by atoms with van der Waals surface area (Å²) < 4.78 is 0. The minimum atomic E-state index is 0. The number of nitrogens with one attached hydrogen (secondary N) is 2. The zero-order chi connectivity index (χ0) is 13.3. The van der Waals surface area contributed by atoms with E-state index in [9.17, 15) is 0 Å². The van der Waals surface area contributed by atoms with Gasteiger partial charge in [-0.15, -0.1) is 24.0 Å². The summed E-state index contributed by atoms with van der Waals surface area (Å²) in [5.41, 5.74) is 1.41. The average molecular weight is 387 g/mol. The monoisotopic (exact) mass is 387 g/mol. The molecule has 0 aromatic heterocycles. The zero-order valence-corrected chi connectivity index (χ0v) is 14.6. The lowest BCUT2D eigenvalue weighted by atomic mass is 10.1. The molecule has 0 bridgehead atoms. The second kappa shape index (κ2) is 10.0. The van der Waals surface area contributed by atoms with Crippen molar-refractivity contribution >= 4 is 29.9 Å². The fourth-order valence-electron chi connectivity index (χ4n) is 2.01. The van der Waals surface area contributed by atoms with Crippen LogP contribution in [0.3, 0.4) is 0 Å². The number of hydrogen-bond donors (Lipinski definition) is 2. The molecule has 0 heterocycles. The van der Waals surface area contributed by atoms with E-state index in [1.807, 2.05) is 0 Å². The van der Waals surface area contributed by atoms with E-state index in [0.29, 0.717) is 0 Å². The molecule has 112 valence electrons. The van der Waals surface area contributed by atoms with Crippen LogP contribution < -0.4 is 10.6 Å². The van der Waals surface area contributed by atoms with Gasteiger partial charge in [0.15, 0.2) is 5.96 Å². The molecule has 0 atom stereocenters. The highest BCUT2D eigenvalue weighted by atomic mass is 127. The third-order valence-electron chi connectivity index (χ3n) is 3.33. The van der Waals surface area contributed by atoms with Crippen LogP contribution in [0.2, 0.25) is 0 Å². The SMILES string of the molecule is CCNC(=NCC1CC1)NCCCc1ccccc1.I. The van der Waals surface area contributed by atoms with Crippen molar-refractivity contribution in [2.24, 2.45) is 10.9 Å². The van der Waals surface area contributed by atoms with Crippen molar-refractivity contribution in [2.45, 2.75) is 32.6 Å². The summed E-state index contributed by atoms with van der Waals surface area (Å²) in [7, 11) is 0.